The molecule has 0 unspecified atom stereocenters. The molecule has 3 aliphatic rings. The van der Waals surface area contributed by atoms with Crippen molar-refractivity contribution in [1.82, 2.24) is 25.1 Å². The highest BCUT2D eigenvalue weighted by Gasteiger charge is 2.37. The maximum absolute atomic E-state index is 13.3. The third kappa shape index (κ3) is 5.11. The minimum absolute atomic E-state index is 0.0460. The summed E-state index contributed by atoms with van der Waals surface area (Å²) < 4.78 is 0. The molecule has 9 nitrogen and oxygen atoms in total. The summed E-state index contributed by atoms with van der Waals surface area (Å²) in [4.78, 5) is 40.7. The molecule has 3 N–H and O–H groups in total. The average molecular weight is 526 g/mol. The zero-order valence-corrected chi connectivity index (χ0v) is 22.4. The predicted octanol–water partition coefficient (Wildman–Crippen LogP) is 2.38. The Morgan fingerprint density at radius 3 is 2.38 bits per heavy atom. The predicted molar refractivity (Wildman–Crippen MR) is 145 cm³/mol. The van der Waals surface area contributed by atoms with Gasteiger partial charge in [-0.15, -0.1) is 0 Å². The fraction of sp³-hybridized carbons (Fsp3) is 0.556. The van der Waals surface area contributed by atoms with E-state index in [4.69, 9.17) is 17.3 Å². The molecule has 0 radical (unpaired) electrons. The highest BCUT2D eigenvalue weighted by atomic mass is 35.5. The molecule has 0 saturated carbocycles. The number of hydrogen-bond donors (Lipinski definition) is 2. The van der Waals surface area contributed by atoms with Gasteiger partial charge in [0, 0.05) is 57.8 Å². The van der Waals surface area contributed by atoms with Crippen LogP contribution >= 0.6 is 11.6 Å². The van der Waals surface area contributed by atoms with E-state index in [0.29, 0.717) is 23.8 Å². The Labute approximate surface area is 223 Å². The summed E-state index contributed by atoms with van der Waals surface area (Å²) in [7, 11) is 1.52. The Morgan fingerprint density at radius 1 is 1.08 bits per heavy atom. The number of benzene rings is 1. The molecule has 1 aromatic carbocycles. The van der Waals surface area contributed by atoms with Gasteiger partial charge in [-0.1, -0.05) is 42.8 Å². The van der Waals surface area contributed by atoms with Gasteiger partial charge in [-0.3, -0.25) is 14.5 Å². The molecule has 198 valence electrons. The summed E-state index contributed by atoms with van der Waals surface area (Å²) >= 11 is 6.44. The van der Waals surface area contributed by atoms with Crippen LogP contribution in [0.4, 0.5) is 11.6 Å². The number of piperazine rings is 1. The standard InChI is InChI=1S/C27H36ClN7O2/c1-3-20-16-34(25-23(28)31-22(24(29)32-25)26(36)30-2)12-13-35(20)21-8-10-33(11-9-21)27(37)19-14-17-6-4-5-7-18(17)15-19/h4-7,19-21H,3,8-16H2,1-2H3,(H2,29,32)(H,30,36)/t20-/m0/s1. The molecule has 1 aliphatic carbocycles. The van der Waals surface area contributed by atoms with Gasteiger partial charge in [0.2, 0.25) is 5.91 Å². The molecular formula is C27H36ClN7O2. The first-order chi connectivity index (χ1) is 17.9. The van der Waals surface area contributed by atoms with Crippen molar-refractivity contribution in [1.29, 1.82) is 0 Å². The SMILES string of the molecule is CC[C@H]1CN(c2nc(N)c(C(=O)NC)nc2Cl)CCN1C1CCN(C(=O)C2Cc3ccccc3C2)CC1. The zero-order chi connectivity index (χ0) is 26.1. The first kappa shape index (κ1) is 25.7. The van der Waals surface area contributed by atoms with Gasteiger partial charge in [-0.2, -0.15) is 0 Å². The van der Waals surface area contributed by atoms with Crippen LogP contribution < -0.4 is 16.0 Å². The monoisotopic (exact) mass is 525 g/mol. The lowest BCUT2D eigenvalue weighted by Crippen LogP contribution is -2.59. The number of anilines is 2. The van der Waals surface area contributed by atoms with Crippen molar-refractivity contribution in [2.75, 3.05) is 50.4 Å². The summed E-state index contributed by atoms with van der Waals surface area (Å²) in [5, 5.41) is 2.70. The molecule has 37 heavy (non-hydrogen) atoms. The second-order valence-electron chi connectivity index (χ2n) is 10.3. The quantitative estimate of drug-likeness (QED) is 0.617. The number of nitrogens with two attached hydrogens (primary N) is 1. The van der Waals surface area contributed by atoms with E-state index in [-0.39, 0.29) is 22.6 Å². The van der Waals surface area contributed by atoms with Crippen LogP contribution in [0.5, 0.6) is 0 Å². The Hall–Kier alpha value is -2.91. The van der Waals surface area contributed by atoms with E-state index < -0.39 is 5.91 Å². The van der Waals surface area contributed by atoms with Crippen LogP contribution in [0.1, 0.15) is 47.8 Å². The molecular weight excluding hydrogens is 490 g/mol. The summed E-state index contributed by atoms with van der Waals surface area (Å²) in [5.74, 6) is 0.614. The van der Waals surface area contributed by atoms with Crippen LogP contribution in [0.25, 0.3) is 0 Å². The van der Waals surface area contributed by atoms with Gasteiger partial charge in [0.15, 0.2) is 22.5 Å². The molecule has 0 bridgehead atoms. The topological polar surface area (TPSA) is 108 Å². The molecule has 1 aromatic heterocycles. The molecule has 2 amide bonds. The number of likely N-dealkylation sites (tertiary alicyclic amines) is 1. The first-order valence-corrected chi connectivity index (χ1v) is 13.7. The van der Waals surface area contributed by atoms with Crippen LogP contribution in [0, 0.1) is 5.92 Å². The molecule has 0 spiro atoms. The van der Waals surface area contributed by atoms with Gasteiger partial charge < -0.3 is 20.9 Å². The maximum Gasteiger partial charge on any atom is 0.273 e. The smallest absolute Gasteiger partial charge is 0.273 e. The summed E-state index contributed by atoms with van der Waals surface area (Å²) in [6, 6.07) is 9.24. The van der Waals surface area contributed by atoms with E-state index in [2.05, 4.69) is 61.2 Å². The Balaban J connectivity index is 1.18. The van der Waals surface area contributed by atoms with Crippen LogP contribution in [0.15, 0.2) is 24.3 Å². The number of carbonyl (C=O) groups is 2. The van der Waals surface area contributed by atoms with Gasteiger partial charge >= 0.3 is 0 Å². The van der Waals surface area contributed by atoms with Gasteiger partial charge in [0.05, 0.1) is 0 Å². The molecule has 3 heterocycles. The maximum atomic E-state index is 13.3. The van der Waals surface area contributed by atoms with Crippen LogP contribution in [0.3, 0.4) is 0 Å². The minimum atomic E-state index is -0.406. The number of nitrogens with zero attached hydrogens (tertiary/aromatic N) is 5. The van der Waals surface area contributed by atoms with Gasteiger partial charge in [-0.05, 0) is 43.2 Å². The lowest BCUT2D eigenvalue weighted by atomic mass is 9.96. The fourth-order valence-electron chi connectivity index (χ4n) is 6.22. The fourth-order valence-corrected chi connectivity index (χ4v) is 6.47. The Bertz CT molecular complexity index is 1140. The van der Waals surface area contributed by atoms with Crippen LogP contribution in [-0.2, 0) is 17.6 Å². The van der Waals surface area contributed by atoms with Crippen LogP contribution in [0.2, 0.25) is 5.15 Å². The Kier molecular flexibility index (Phi) is 7.53. The van der Waals surface area contributed by atoms with Crippen molar-refractivity contribution in [3.05, 3.63) is 46.2 Å². The minimum Gasteiger partial charge on any atom is -0.382 e. The van der Waals surface area contributed by atoms with E-state index in [1.807, 2.05) is 0 Å². The van der Waals surface area contributed by atoms with Crippen molar-refractivity contribution in [2.24, 2.45) is 5.92 Å². The third-order valence-electron chi connectivity index (χ3n) is 8.25. The highest BCUT2D eigenvalue weighted by molar-refractivity contribution is 6.32. The van der Waals surface area contributed by atoms with E-state index in [1.54, 1.807) is 0 Å². The van der Waals surface area contributed by atoms with Gasteiger partial charge in [-0.25, -0.2) is 9.97 Å². The molecule has 10 heteroatoms. The molecule has 2 saturated heterocycles. The number of hydrogen-bond acceptors (Lipinski definition) is 7. The third-order valence-corrected chi connectivity index (χ3v) is 8.50. The molecule has 2 fully saturated rings. The number of nitrogen functional groups attached to an aromatic ring is 1. The molecule has 2 aromatic rings. The summed E-state index contributed by atoms with van der Waals surface area (Å²) in [6.45, 7) is 6.24. The summed E-state index contributed by atoms with van der Waals surface area (Å²) in [5.41, 5.74) is 8.73. The van der Waals surface area contributed by atoms with Crippen molar-refractivity contribution in [3.63, 3.8) is 0 Å². The van der Waals surface area contributed by atoms with Crippen LogP contribution in [-0.4, -0.2) is 83.4 Å². The lowest BCUT2D eigenvalue weighted by molar-refractivity contribution is -0.137. The lowest BCUT2D eigenvalue weighted by Gasteiger charge is -2.48. The zero-order valence-electron chi connectivity index (χ0n) is 21.6. The molecule has 2 aliphatic heterocycles. The number of rotatable bonds is 5. The van der Waals surface area contributed by atoms with Crippen molar-refractivity contribution < 1.29 is 9.59 Å². The number of piperidine rings is 1. The number of amides is 2. The number of halogens is 1. The van der Waals surface area contributed by atoms with E-state index >= 15 is 0 Å². The second kappa shape index (κ2) is 10.8. The molecule has 5 rings (SSSR count). The van der Waals surface area contributed by atoms with Crippen molar-refractivity contribution in [3.8, 4) is 0 Å². The number of carbonyl (C=O) groups excluding carboxylic acids is 2. The van der Waals surface area contributed by atoms with Crippen molar-refractivity contribution >= 4 is 35.1 Å². The number of fused-ring (bicyclic) bond motifs is 1. The summed E-state index contributed by atoms with van der Waals surface area (Å²) in [6.07, 6.45) is 4.73. The van der Waals surface area contributed by atoms with E-state index in [0.717, 1.165) is 64.8 Å². The average Bonchev–Trinajstić information content (AvgIpc) is 3.37. The van der Waals surface area contributed by atoms with Crippen molar-refractivity contribution in [2.45, 2.75) is 51.1 Å². The van der Waals surface area contributed by atoms with E-state index in [9.17, 15) is 9.59 Å². The van der Waals surface area contributed by atoms with E-state index in [1.165, 1.54) is 18.2 Å². The number of nitrogens with one attached hydrogen (secondary N) is 1. The largest absolute Gasteiger partial charge is 0.382 e. The molecule has 1 atom stereocenters. The Morgan fingerprint density at radius 2 is 1.76 bits per heavy atom. The normalized spacial score (nSPS) is 21.2. The number of aromatic nitrogens is 2. The van der Waals surface area contributed by atoms with Gasteiger partial charge in [0.1, 0.15) is 0 Å². The van der Waals surface area contributed by atoms with Gasteiger partial charge in [0.25, 0.3) is 5.91 Å². The second-order valence-corrected chi connectivity index (χ2v) is 10.7. The first-order valence-electron chi connectivity index (χ1n) is 13.3. The highest BCUT2D eigenvalue weighted by Crippen LogP contribution is 2.32.